The molecule has 2 unspecified atom stereocenters. The maximum absolute atomic E-state index is 13.2. The molecule has 6 rings (SSSR count). The summed E-state index contributed by atoms with van der Waals surface area (Å²) in [6.07, 6.45) is 2.46. The average Bonchev–Trinajstić information content (AvgIpc) is 3.43. The van der Waals surface area contributed by atoms with E-state index in [1.54, 1.807) is 12.3 Å². The number of fused-ring (bicyclic) bond motifs is 2. The van der Waals surface area contributed by atoms with Crippen LogP contribution in [0.5, 0.6) is 0 Å². The predicted octanol–water partition coefficient (Wildman–Crippen LogP) is 4.79. The molecule has 3 aromatic heterocycles. The van der Waals surface area contributed by atoms with Crippen molar-refractivity contribution in [3.63, 3.8) is 0 Å². The third kappa shape index (κ3) is 6.07. The molecular formula is C31H32F2N6O3S. The van der Waals surface area contributed by atoms with E-state index in [0.717, 1.165) is 52.3 Å². The van der Waals surface area contributed by atoms with Crippen LogP contribution in [0.1, 0.15) is 41.0 Å². The number of benzene rings is 1. The fourth-order valence-corrected chi connectivity index (χ4v) is 6.59. The Morgan fingerprint density at radius 1 is 1.09 bits per heavy atom. The minimum Gasteiger partial charge on any atom is -0.372 e. The van der Waals surface area contributed by atoms with Crippen LogP contribution < -0.4 is 14.5 Å². The van der Waals surface area contributed by atoms with Crippen molar-refractivity contribution in [1.29, 1.82) is 0 Å². The summed E-state index contributed by atoms with van der Waals surface area (Å²) in [6, 6.07) is 14.9. The zero-order valence-electron chi connectivity index (χ0n) is 24.1. The van der Waals surface area contributed by atoms with Gasteiger partial charge in [-0.15, -0.1) is 0 Å². The van der Waals surface area contributed by atoms with E-state index in [9.17, 15) is 17.8 Å². The molecule has 12 heteroatoms. The van der Waals surface area contributed by atoms with E-state index < -0.39 is 16.7 Å². The molecule has 0 saturated carbocycles. The minimum atomic E-state index is -2.99. The fraction of sp³-hybridized carbons (Fsp3) is 0.355. The summed E-state index contributed by atoms with van der Waals surface area (Å²) in [5.41, 5.74) is 5.17. The molecule has 0 aliphatic carbocycles. The lowest BCUT2D eigenvalue weighted by Crippen LogP contribution is -2.45. The van der Waals surface area contributed by atoms with Gasteiger partial charge in [0.25, 0.3) is 5.91 Å². The number of ether oxygens (including phenoxy) is 1. The highest BCUT2D eigenvalue weighted by Crippen LogP contribution is 2.34. The van der Waals surface area contributed by atoms with Gasteiger partial charge in [-0.05, 0) is 80.8 Å². The van der Waals surface area contributed by atoms with Crippen LogP contribution in [0.3, 0.4) is 0 Å². The summed E-state index contributed by atoms with van der Waals surface area (Å²) in [5, 5.41) is 3.72. The number of morpholine rings is 1. The lowest BCUT2D eigenvalue weighted by Gasteiger charge is -2.36. The van der Waals surface area contributed by atoms with Gasteiger partial charge in [0, 0.05) is 36.8 Å². The fourth-order valence-electron chi connectivity index (χ4n) is 5.77. The van der Waals surface area contributed by atoms with Crippen LogP contribution in [0.25, 0.3) is 22.3 Å². The van der Waals surface area contributed by atoms with E-state index in [-0.39, 0.29) is 31.2 Å². The van der Waals surface area contributed by atoms with Crippen molar-refractivity contribution in [2.75, 3.05) is 28.8 Å². The first-order valence-electron chi connectivity index (χ1n) is 14.2. The van der Waals surface area contributed by atoms with Crippen LogP contribution in [0.2, 0.25) is 0 Å². The highest BCUT2D eigenvalue weighted by Gasteiger charge is 2.31. The molecule has 3 atom stereocenters. The number of pyridine rings is 3. The molecule has 9 nitrogen and oxygen atoms in total. The zero-order chi connectivity index (χ0) is 30.2. The van der Waals surface area contributed by atoms with Crippen LogP contribution >= 0.6 is 0 Å². The molecule has 0 bridgehead atoms. The molecule has 1 N–H and O–H groups in total. The summed E-state index contributed by atoms with van der Waals surface area (Å²) in [6.45, 7) is 7.85. The zero-order valence-corrected chi connectivity index (χ0v) is 24.9. The molecule has 43 heavy (non-hydrogen) atoms. The number of aryl methyl sites for hydroxylation is 1. The van der Waals surface area contributed by atoms with E-state index >= 15 is 0 Å². The quantitative estimate of drug-likeness (QED) is 0.323. The second kappa shape index (κ2) is 11.9. The largest absolute Gasteiger partial charge is 0.372 e. The lowest BCUT2D eigenvalue weighted by molar-refractivity contribution is -0.00545. The number of alkyl halides is 2. The molecular weight excluding hydrogens is 574 g/mol. The molecule has 2 aliphatic rings. The van der Waals surface area contributed by atoms with Crippen molar-refractivity contribution in [2.24, 2.45) is 0 Å². The molecule has 2 aliphatic heterocycles. The van der Waals surface area contributed by atoms with E-state index in [1.807, 2.05) is 43.3 Å². The van der Waals surface area contributed by atoms with Crippen LogP contribution in [-0.2, 0) is 28.7 Å². The molecule has 0 spiro atoms. The standard InChI is InChI=1S/C31H32F2N6O3S/c1-18-11-22(12-28-24(18)9-10-39(28)43(41)31(32)33)30(40)35-15-23-13-27-21(14-34-23)7-8-26(36-27)25-5-4-6-29(37-25)38-16-19(2)42-20(3)17-38/h4-8,11-14,19-20,31H,9-10,15-17H2,1-3H3,(H,35,40)/t19-,20?,43?/m1/s1. The van der Waals surface area contributed by atoms with Gasteiger partial charge < -0.3 is 15.0 Å². The third-order valence-corrected chi connectivity index (χ3v) is 8.83. The SMILES string of the molecule is Cc1cc(C(=O)NCc2cc3nc(-c4cccc(N5CC(C)O[C@H](C)C5)n4)ccc3cn2)cc2c1CCN2S(=O)C(F)F. The maximum atomic E-state index is 13.2. The van der Waals surface area contributed by atoms with Crippen LogP contribution in [0.15, 0.2) is 54.7 Å². The number of hydrogen-bond donors (Lipinski definition) is 1. The Labute approximate surface area is 250 Å². The molecule has 1 amide bonds. The number of carbonyl (C=O) groups is 1. The number of rotatable bonds is 7. The van der Waals surface area contributed by atoms with Gasteiger partial charge in [-0.2, -0.15) is 8.78 Å². The van der Waals surface area contributed by atoms with E-state index in [1.165, 1.54) is 10.4 Å². The highest BCUT2D eigenvalue weighted by molar-refractivity contribution is 7.86. The molecule has 1 aromatic carbocycles. The normalized spacial score (nSPS) is 19.1. The van der Waals surface area contributed by atoms with Crippen molar-refractivity contribution in [2.45, 2.75) is 51.7 Å². The van der Waals surface area contributed by atoms with Crippen molar-refractivity contribution in [3.05, 3.63) is 77.1 Å². The minimum absolute atomic E-state index is 0.122. The van der Waals surface area contributed by atoms with Gasteiger partial charge in [-0.1, -0.05) is 6.07 Å². The van der Waals surface area contributed by atoms with Crippen LogP contribution in [-0.4, -0.2) is 62.7 Å². The van der Waals surface area contributed by atoms with E-state index in [2.05, 4.69) is 29.0 Å². The highest BCUT2D eigenvalue weighted by atomic mass is 32.2. The van der Waals surface area contributed by atoms with Crippen LogP contribution in [0, 0.1) is 6.92 Å². The molecule has 1 saturated heterocycles. The summed E-state index contributed by atoms with van der Waals surface area (Å²) >= 11 is 0. The van der Waals surface area contributed by atoms with Gasteiger partial charge in [-0.3, -0.25) is 14.1 Å². The molecule has 224 valence electrons. The van der Waals surface area contributed by atoms with Gasteiger partial charge >= 0.3 is 5.76 Å². The lowest BCUT2D eigenvalue weighted by atomic mass is 10.0. The summed E-state index contributed by atoms with van der Waals surface area (Å²) in [7, 11) is -2.47. The van der Waals surface area contributed by atoms with Crippen molar-refractivity contribution < 1.29 is 22.5 Å². The number of nitrogens with one attached hydrogen (secondary N) is 1. The number of anilines is 2. The summed E-state index contributed by atoms with van der Waals surface area (Å²) in [4.78, 5) is 29.5. The molecule has 1 fully saturated rings. The Bertz CT molecular complexity index is 1710. The smallest absolute Gasteiger partial charge is 0.330 e. The Morgan fingerprint density at radius 2 is 1.86 bits per heavy atom. The Kier molecular flexibility index (Phi) is 8.06. The molecule has 5 heterocycles. The topological polar surface area (TPSA) is 101 Å². The van der Waals surface area contributed by atoms with Gasteiger partial charge in [0.2, 0.25) is 0 Å². The first kappa shape index (κ1) is 29.1. The Hall–Kier alpha value is -4.03. The number of nitrogens with zero attached hydrogens (tertiary/aromatic N) is 5. The monoisotopic (exact) mass is 606 g/mol. The predicted molar refractivity (Wildman–Crippen MR) is 163 cm³/mol. The third-order valence-electron chi connectivity index (χ3n) is 7.72. The first-order valence-corrected chi connectivity index (χ1v) is 15.3. The Morgan fingerprint density at radius 3 is 2.63 bits per heavy atom. The van der Waals surface area contributed by atoms with Crippen molar-refractivity contribution in [3.8, 4) is 11.4 Å². The number of halogens is 2. The van der Waals surface area contributed by atoms with Gasteiger partial charge in [0.15, 0.2) is 11.0 Å². The maximum Gasteiger partial charge on any atom is 0.330 e. The average molecular weight is 607 g/mol. The number of carbonyl (C=O) groups excluding carboxylic acids is 1. The molecule has 0 radical (unpaired) electrons. The summed E-state index contributed by atoms with van der Waals surface area (Å²) < 4.78 is 45.4. The molecule has 4 aromatic rings. The van der Waals surface area contributed by atoms with Crippen LogP contribution in [0.4, 0.5) is 20.3 Å². The van der Waals surface area contributed by atoms with Crippen molar-refractivity contribution in [1.82, 2.24) is 20.3 Å². The van der Waals surface area contributed by atoms with Gasteiger partial charge in [0.05, 0.1) is 47.0 Å². The van der Waals surface area contributed by atoms with E-state index in [0.29, 0.717) is 23.4 Å². The van der Waals surface area contributed by atoms with Crippen molar-refractivity contribution >= 4 is 39.3 Å². The first-order chi connectivity index (χ1) is 20.7. The van der Waals surface area contributed by atoms with Gasteiger partial charge in [0.1, 0.15) is 5.82 Å². The van der Waals surface area contributed by atoms with Gasteiger partial charge in [-0.25, -0.2) is 14.2 Å². The number of hydrogen-bond acceptors (Lipinski definition) is 7. The Balaban J connectivity index is 1.19. The second-order valence-electron chi connectivity index (χ2n) is 11.0. The second-order valence-corrected chi connectivity index (χ2v) is 12.3. The number of aromatic nitrogens is 3. The summed E-state index contributed by atoms with van der Waals surface area (Å²) in [5.74, 6) is -2.49. The van der Waals surface area contributed by atoms with E-state index in [4.69, 9.17) is 14.7 Å². The number of amides is 1.